The van der Waals surface area contributed by atoms with Gasteiger partial charge in [-0.2, -0.15) is 0 Å². The van der Waals surface area contributed by atoms with E-state index >= 15 is 0 Å². The molecule has 0 aliphatic rings. The number of carboxylic acids is 1. The fourth-order valence-corrected chi connectivity index (χ4v) is 4.68. The molecule has 0 aliphatic heterocycles. The van der Waals surface area contributed by atoms with Crippen LogP contribution in [0.4, 0.5) is 10.1 Å². The van der Waals surface area contributed by atoms with E-state index < -0.39 is 17.3 Å². The summed E-state index contributed by atoms with van der Waals surface area (Å²) in [7, 11) is 0. The molecule has 4 nitrogen and oxygen atoms in total. The highest BCUT2D eigenvalue weighted by Crippen LogP contribution is 2.23. The van der Waals surface area contributed by atoms with Crippen LogP contribution in [0.3, 0.4) is 0 Å². The van der Waals surface area contributed by atoms with Crippen LogP contribution in [0.1, 0.15) is 57.3 Å². The maximum atomic E-state index is 14.0. The number of aromatic carboxylic acids is 1. The fraction of sp³-hybridized carbons (Fsp3) is 0.188. The molecule has 1 N–H and O–H groups in total. The molecule has 0 radical (unpaired) electrons. The highest BCUT2D eigenvalue weighted by Gasteiger charge is 2.20. The Labute approximate surface area is 226 Å². The molecule has 0 saturated carbocycles. The van der Waals surface area contributed by atoms with Crippen molar-refractivity contribution >= 4 is 28.9 Å². The van der Waals surface area contributed by atoms with Gasteiger partial charge in [0.2, 0.25) is 5.91 Å². The predicted octanol–water partition coefficient (Wildman–Crippen LogP) is 7.10. The third kappa shape index (κ3) is 7.18. The first kappa shape index (κ1) is 26.8. The topological polar surface area (TPSA) is 57.6 Å². The van der Waals surface area contributed by atoms with E-state index in [2.05, 4.69) is 30.9 Å². The van der Waals surface area contributed by atoms with Gasteiger partial charge in [-0.25, -0.2) is 9.18 Å². The number of carbonyl (C=O) groups is 2. The number of anilines is 1. The van der Waals surface area contributed by atoms with Crippen molar-refractivity contribution in [2.24, 2.45) is 0 Å². The molecular formula is C32H28FNO3S. The van der Waals surface area contributed by atoms with E-state index in [0.29, 0.717) is 5.69 Å². The van der Waals surface area contributed by atoms with Crippen LogP contribution < -0.4 is 4.90 Å². The van der Waals surface area contributed by atoms with Crippen molar-refractivity contribution in [2.45, 2.75) is 39.2 Å². The number of nitrogens with zero attached hydrogens (tertiary/aromatic N) is 1. The number of benzene rings is 3. The van der Waals surface area contributed by atoms with E-state index in [1.807, 2.05) is 53.9 Å². The third-order valence-corrected chi connectivity index (χ3v) is 6.99. The van der Waals surface area contributed by atoms with Crippen molar-refractivity contribution < 1.29 is 19.1 Å². The van der Waals surface area contributed by atoms with Crippen LogP contribution >= 0.6 is 11.3 Å². The van der Waals surface area contributed by atoms with Crippen molar-refractivity contribution in [2.75, 3.05) is 4.90 Å². The first-order chi connectivity index (χ1) is 18.4. The predicted molar refractivity (Wildman–Crippen MR) is 150 cm³/mol. The number of hydrogen-bond donors (Lipinski definition) is 1. The summed E-state index contributed by atoms with van der Waals surface area (Å²) in [5.41, 5.74) is 3.81. The molecule has 0 unspecified atom stereocenters. The van der Waals surface area contributed by atoms with Gasteiger partial charge in [0.1, 0.15) is 5.82 Å². The van der Waals surface area contributed by atoms with E-state index in [1.165, 1.54) is 46.8 Å². The lowest BCUT2D eigenvalue weighted by Crippen LogP contribution is -2.31. The summed E-state index contributed by atoms with van der Waals surface area (Å²) < 4.78 is 14.0. The summed E-state index contributed by atoms with van der Waals surface area (Å²) in [5, 5.41) is 11.3. The summed E-state index contributed by atoms with van der Waals surface area (Å²) in [4.78, 5) is 27.1. The van der Waals surface area contributed by atoms with Crippen LogP contribution in [0.5, 0.6) is 0 Å². The van der Waals surface area contributed by atoms with Gasteiger partial charge in [0.05, 0.1) is 18.5 Å². The molecule has 0 fully saturated rings. The average Bonchev–Trinajstić information content (AvgIpc) is 3.44. The molecule has 4 aromatic rings. The monoisotopic (exact) mass is 525 g/mol. The molecule has 0 atom stereocenters. The summed E-state index contributed by atoms with van der Waals surface area (Å²) in [6.07, 6.45) is 3.59. The highest BCUT2D eigenvalue weighted by atomic mass is 32.1. The molecule has 3 aromatic carbocycles. The maximum Gasteiger partial charge on any atom is 0.338 e. The number of hydrogen-bond acceptors (Lipinski definition) is 3. The molecule has 4 rings (SSSR count). The van der Waals surface area contributed by atoms with Crippen LogP contribution in [-0.2, 0) is 24.2 Å². The molecule has 38 heavy (non-hydrogen) atoms. The summed E-state index contributed by atoms with van der Waals surface area (Å²) in [6, 6.07) is 23.4. The van der Waals surface area contributed by atoms with Crippen molar-refractivity contribution in [3.63, 3.8) is 0 Å². The zero-order valence-electron chi connectivity index (χ0n) is 21.1. The normalized spacial score (nSPS) is 10.5. The van der Waals surface area contributed by atoms with E-state index in [9.17, 15) is 19.1 Å². The summed E-state index contributed by atoms with van der Waals surface area (Å²) >= 11 is 1.47. The van der Waals surface area contributed by atoms with Crippen molar-refractivity contribution in [3.05, 3.63) is 123 Å². The highest BCUT2D eigenvalue weighted by molar-refractivity contribution is 7.10. The first-order valence-electron chi connectivity index (χ1n) is 12.5. The molecule has 1 aromatic heterocycles. The third-order valence-electron chi connectivity index (χ3n) is 6.12. The van der Waals surface area contributed by atoms with Gasteiger partial charge >= 0.3 is 5.97 Å². The Morgan fingerprint density at radius 1 is 0.921 bits per heavy atom. The van der Waals surface area contributed by atoms with Gasteiger partial charge in [0.25, 0.3) is 0 Å². The number of thiophene rings is 1. The average molecular weight is 526 g/mol. The van der Waals surface area contributed by atoms with E-state index in [1.54, 1.807) is 0 Å². The van der Waals surface area contributed by atoms with Gasteiger partial charge < -0.3 is 10.0 Å². The zero-order valence-corrected chi connectivity index (χ0v) is 21.9. The molecule has 6 heteroatoms. The van der Waals surface area contributed by atoms with Gasteiger partial charge in [-0.1, -0.05) is 55.5 Å². The van der Waals surface area contributed by atoms with Gasteiger partial charge in [0, 0.05) is 21.7 Å². The van der Waals surface area contributed by atoms with Crippen LogP contribution in [0.2, 0.25) is 0 Å². The molecule has 0 saturated heterocycles. The largest absolute Gasteiger partial charge is 0.478 e. The van der Waals surface area contributed by atoms with E-state index in [-0.39, 0.29) is 18.9 Å². The Morgan fingerprint density at radius 2 is 1.58 bits per heavy atom. The molecule has 1 heterocycles. The Kier molecular flexibility index (Phi) is 9.07. The van der Waals surface area contributed by atoms with Gasteiger partial charge in [-0.05, 0) is 77.9 Å². The number of amides is 1. The number of unbranched alkanes of at least 4 members (excludes halogenated alkanes) is 1. The molecular weight excluding hydrogens is 497 g/mol. The Morgan fingerprint density at radius 3 is 2.16 bits per heavy atom. The lowest BCUT2D eigenvalue weighted by atomic mass is 10.1. The van der Waals surface area contributed by atoms with E-state index in [0.717, 1.165) is 34.1 Å². The van der Waals surface area contributed by atoms with E-state index in [4.69, 9.17) is 0 Å². The fourth-order valence-electron chi connectivity index (χ4n) is 3.98. The standard InChI is InChI=1S/C32H28FNO3S/c1-2-3-5-23-7-9-24(10-8-23)11-12-25-13-15-26(16-14-25)22-34(31(35)21-28-6-4-19-38-28)27-17-18-30(33)29(20-27)32(36)37/h4,6-10,13-20H,2-3,5,21-22H2,1H3,(H,36,37). The number of rotatable bonds is 9. The Hall–Kier alpha value is -4.21. The van der Waals surface area contributed by atoms with Crippen molar-refractivity contribution in [3.8, 4) is 11.8 Å². The Bertz CT molecular complexity index is 1450. The SMILES string of the molecule is CCCCc1ccc(C#Cc2ccc(CN(C(=O)Cc3cccs3)c3ccc(F)c(C(=O)O)c3)cc2)cc1. The van der Waals surface area contributed by atoms with Crippen molar-refractivity contribution in [1.29, 1.82) is 0 Å². The molecule has 1 amide bonds. The lowest BCUT2D eigenvalue weighted by Gasteiger charge is -2.23. The second-order valence-corrected chi connectivity index (χ2v) is 9.98. The quantitative estimate of drug-likeness (QED) is 0.237. The number of carboxylic acid groups (broad SMARTS) is 1. The second-order valence-electron chi connectivity index (χ2n) is 8.95. The second kappa shape index (κ2) is 12.8. The maximum absolute atomic E-state index is 14.0. The Balaban J connectivity index is 1.52. The minimum absolute atomic E-state index is 0.165. The van der Waals surface area contributed by atoms with Crippen LogP contribution in [0.15, 0.2) is 84.2 Å². The van der Waals surface area contributed by atoms with Crippen molar-refractivity contribution in [1.82, 2.24) is 0 Å². The minimum atomic E-state index is -1.38. The molecule has 192 valence electrons. The lowest BCUT2D eigenvalue weighted by molar-refractivity contribution is -0.118. The first-order valence-corrected chi connectivity index (χ1v) is 13.4. The molecule has 0 bridgehead atoms. The summed E-state index contributed by atoms with van der Waals surface area (Å²) in [5.74, 6) is 3.94. The molecule has 0 aliphatic carbocycles. The summed E-state index contributed by atoms with van der Waals surface area (Å²) in [6.45, 7) is 2.39. The number of carbonyl (C=O) groups excluding carboxylic acids is 1. The van der Waals surface area contributed by atoms with Gasteiger partial charge in [-0.3, -0.25) is 4.79 Å². The molecule has 0 spiro atoms. The van der Waals surface area contributed by atoms with Gasteiger partial charge in [0.15, 0.2) is 0 Å². The minimum Gasteiger partial charge on any atom is -0.478 e. The number of aryl methyl sites for hydroxylation is 1. The van der Waals surface area contributed by atoms with Gasteiger partial charge in [-0.15, -0.1) is 11.3 Å². The van der Waals surface area contributed by atoms with Crippen LogP contribution in [0, 0.1) is 17.7 Å². The smallest absolute Gasteiger partial charge is 0.338 e. The zero-order chi connectivity index (χ0) is 26.9. The number of halogens is 1. The van der Waals surface area contributed by atoms with Crippen LogP contribution in [0.25, 0.3) is 0 Å². The van der Waals surface area contributed by atoms with Crippen LogP contribution in [-0.4, -0.2) is 17.0 Å².